The quantitative estimate of drug-likeness (QED) is 0.707. The maximum absolute atomic E-state index is 11.2. The van der Waals surface area contributed by atoms with Gasteiger partial charge in [-0.25, -0.2) is 0 Å². The molecule has 1 saturated carbocycles. The molecule has 1 fully saturated rings. The van der Waals surface area contributed by atoms with E-state index in [2.05, 4.69) is 24.3 Å². The van der Waals surface area contributed by atoms with E-state index in [1.807, 2.05) is 0 Å². The second-order valence-electron chi connectivity index (χ2n) is 4.66. The van der Waals surface area contributed by atoms with Gasteiger partial charge in [-0.05, 0) is 26.9 Å². The van der Waals surface area contributed by atoms with Gasteiger partial charge in [-0.15, -0.1) is 0 Å². The van der Waals surface area contributed by atoms with Crippen LogP contribution in [0, 0.1) is 0 Å². The summed E-state index contributed by atoms with van der Waals surface area (Å²) in [6, 6.07) is 0. The Balaban J connectivity index is 2.53. The Kier molecular flexibility index (Phi) is 4.54. The first-order chi connectivity index (χ1) is 7.10. The van der Waals surface area contributed by atoms with Crippen molar-refractivity contribution >= 4 is 5.91 Å². The molecule has 15 heavy (non-hydrogen) atoms. The van der Waals surface area contributed by atoms with Gasteiger partial charge < -0.3 is 16.0 Å². The number of nitrogens with two attached hydrogens (primary N) is 1. The predicted octanol–water partition coefficient (Wildman–Crippen LogP) is 0.326. The fourth-order valence-electron chi connectivity index (χ4n) is 2.33. The lowest BCUT2D eigenvalue weighted by Crippen LogP contribution is -2.54. The first-order valence-electron chi connectivity index (χ1n) is 5.75. The molecule has 1 rings (SSSR count). The van der Waals surface area contributed by atoms with Gasteiger partial charge in [0.1, 0.15) is 0 Å². The molecule has 4 nitrogen and oxygen atoms in total. The normalized spacial score (nSPS) is 20.3. The van der Waals surface area contributed by atoms with Crippen molar-refractivity contribution in [1.29, 1.82) is 0 Å². The lowest BCUT2D eigenvalue weighted by molar-refractivity contribution is -0.120. The van der Waals surface area contributed by atoms with Crippen LogP contribution in [0.1, 0.15) is 32.1 Å². The third-order valence-corrected chi connectivity index (χ3v) is 3.53. The summed E-state index contributed by atoms with van der Waals surface area (Å²) in [6.45, 7) is 0.819. The monoisotopic (exact) mass is 213 g/mol. The molecule has 0 aliphatic heterocycles. The average Bonchev–Trinajstić information content (AvgIpc) is 2.27. The Labute approximate surface area is 92.2 Å². The van der Waals surface area contributed by atoms with E-state index in [0.717, 1.165) is 6.54 Å². The molecular weight excluding hydrogens is 190 g/mol. The highest BCUT2D eigenvalue weighted by Gasteiger charge is 2.34. The van der Waals surface area contributed by atoms with Crippen molar-refractivity contribution in [3.63, 3.8) is 0 Å². The molecule has 1 amide bonds. The Hall–Kier alpha value is -0.610. The van der Waals surface area contributed by atoms with Crippen molar-refractivity contribution < 1.29 is 4.79 Å². The van der Waals surface area contributed by atoms with E-state index in [4.69, 9.17) is 5.73 Å². The van der Waals surface area contributed by atoms with Crippen molar-refractivity contribution in [2.45, 2.75) is 37.6 Å². The van der Waals surface area contributed by atoms with Crippen molar-refractivity contribution in [1.82, 2.24) is 10.2 Å². The van der Waals surface area contributed by atoms with Crippen molar-refractivity contribution in [3.05, 3.63) is 0 Å². The third-order valence-electron chi connectivity index (χ3n) is 3.53. The molecule has 0 atom stereocenters. The smallest absolute Gasteiger partial charge is 0.233 e. The van der Waals surface area contributed by atoms with Crippen molar-refractivity contribution in [2.24, 2.45) is 5.73 Å². The summed E-state index contributed by atoms with van der Waals surface area (Å²) >= 11 is 0. The van der Waals surface area contributed by atoms with Gasteiger partial charge in [0.15, 0.2) is 0 Å². The molecule has 0 radical (unpaired) electrons. The number of amides is 1. The van der Waals surface area contributed by atoms with Crippen LogP contribution in [0.4, 0.5) is 0 Å². The number of rotatable bonds is 4. The Morgan fingerprint density at radius 1 is 1.33 bits per heavy atom. The van der Waals surface area contributed by atoms with Crippen LogP contribution >= 0.6 is 0 Å². The van der Waals surface area contributed by atoms with Crippen LogP contribution in [-0.2, 0) is 4.79 Å². The largest absolute Gasteiger partial charge is 0.353 e. The van der Waals surface area contributed by atoms with Crippen molar-refractivity contribution in [2.75, 3.05) is 27.2 Å². The third kappa shape index (κ3) is 3.18. The molecule has 0 heterocycles. The Morgan fingerprint density at radius 3 is 2.40 bits per heavy atom. The fourth-order valence-corrected chi connectivity index (χ4v) is 2.33. The number of nitrogens with one attached hydrogen (secondary N) is 1. The summed E-state index contributed by atoms with van der Waals surface area (Å²) < 4.78 is 0. The number of nitrogens with zero attached hydrogens (tertiary/aromatic N) is 1. The lowest BCUT2D eigenvalue weighted by Gasteiger charge is -2.43. The second-order valence-corrected chi connectivity index (χ2v) is 4.66. The molecule has 0 aromatic rings. The van der Waals surface area contributed by atoms with Gasteiger partial charge in [-0.2, -0.15) is 0 Å². The first kappa shape index (κ1) is 12.5. The van der Waals surface area contributed by atoms with Gasteiger partial charge in [-0.1, -0.05) is 19.3 Å². The molecule has 0 aromatic carbocycles. The van der Waals surface area contributed by atoms with Crippen LogP contribution in [0.25, 0.3) is 0 Å². The zero-order chi connectivity index (χ0) is 11.3. The number of hydrogen-bond donors (Lipinski definition) is 2. The van der Waals surface area contributed by atoms with Crippen molar-refractivity contribution in [3.8, 4) is 0 Å². The average molecular weight is 213 g/mol. The van der Waals surface area contributed by atoms with Gasteiger partial charge in [0, 0.05) is 12.1 Å². The topological polar surface area (TPSA) is 58.4 Å². The highest BCUT2D eigenvalue weighted by Crippen LogP contribution is 2.31. The van der Waals surface area contributed by atoms with Crippen LogP contribution in [0.15, 0.2) is 0 Å². The van der Waals surface area contributed by atoms with Gasteiger partial charge in [-0.3, -0.25) is 4.79 Å². The molecule has 0 unspecified atom stereocenters. The van der Waals surface area contributed by atoms with Crippen LogP contribution in [0.2, 0.25) is 0 Å². The molecule has 1 aliphatic carbocycles. The van der Waals surface area contributed by atoms with Crippen LogP contribution in [-0.4, -0.2) is 43.5 Å². The fraction of sp³-hybridized carbons (Fsp3) is 0.909. The number of likely N-dealkylation sites (N-methyl/N-ethyl adjacent to an activating group) is 1. The number of hydrogen-bond acceptors (Lipinski definition) is 3. The van der Waals surface area contributed by atoms with Crippen LogP contribution in [0.3, 0.4) is 0 Å². The van der Waals surface area contributed by atoms with E-state index in [1.165, 1.54) is 32.1 Å². The lowest BCUT2D eigenvalue weighted by atomic mass is 9.80. The molecular formula is C11H23N3O. The maximum Gasteiger partial charge on any atom is 0.233 e. The van der Waals surface area contributed by atoms with Crippen LogP contribution in [0.5, 0.6) is 0 Å². The molecule has 1 aliphatic rings. The highest BCUT2D eigenvalue weighted by molar-refractivity contribution is 5.77. The molecule has 3 N–H and O–H groups in total. The number of carbonyl (C=O) groups is 1. The van der Waals surface area contributed by atoms with Crippen LogP contribution < -0.4 is 11.1 Å². The molecule has 4 heteroatoms. The molecule has 0 spiro atoms. The summed E-state index contributed by atoms with van der Waals surface area (Å²) in [5, 5.41) is 2.92. The number of carbonyl (C=O) groups excluding carboxylic acids is 1. The van der Waals surface area contributed by atoms with E-state index in [1.54, 1.807) is 0 Å². The van der Waals surface area contributed by atoms with Gasteiger partial charge in [0.2, 0.25) is 5.91 Å². The van der Waals surface area contributed by atoms with E-state index in [-0.39, 0.29) is 18.0 Å². The Morgan fingerprint density at radius 2 is 1.93 bits per heavy atom. The van der Waals surface area contributed by atoms with E-state index >= 15 is 0 Å². The summed E-state index contributed by atoms with van der Waals surface area (Å²) in [6.07, 6.45) is 6.18. The second kappa shape index (κ2) is 5.47. The minimum Gasteiger partial charge on any atom is -0.353 e. The standard InChI is InChI=1S/C11H23N3O/c1-14(2)11(6-4-3-5-7-11)9-13-10(15)8-12/h3-9,12H2,1-2H3,(H,13,15). The summed E-state index contributed by atoms with van der Waals surface area (Å²) in [4.78, 5) is 13.4. The maximum atomic E-state index is 11.2. The Bertz CT molecular complexity index is 210. The summed E-state index contributed by atoms with van der Waals surface area (Å²) in [5.41, 5.74) is 5.44. The summed E-state index contributed by atoms with van der Waals surface area (Å²) in [7, 11) is 4.19. The minimum atomic E-state index is -0.0539. The summed E-state index contributed by atoms with van der Waals surface area (Å²) in [5.74, 6) is -0.0539. The molecule has 88 valence electrons. The SMILES string of the molecule is CN(C)C1(CNC(=O)CN)CCCCC1. The van der Waals surface area contributed by atoms with E-state index < -0.39 is 0 Å². The van der Waals surface area contributed by atoms with Gasteiger partial charge in [0.25, 0.3) is 0 Å². The minimum absolute atomic E-state index is 0.0539. The highest BCUT2D eigenvalue weighted by atomic mass is 16.1. The predicted molar refractivity (Wildman–Crippen MR) is 61.6 cm³/mol. The first-order valence-corrected chi connectivity index (χ1v) is 5.75. The molecule has 0 bridgehead atoms. The molecule has 0 saturated heterocycles. The van der Waals surface area contributed by atoms with E-state index in [9.17, 15) is 4.79 Å². The zero-order valence-electron chi connectivity index (χ0n) is 9.88. The van der Waals surface area contributed by atoms with Gasteiger partial charge in [0.05, 0.1) is 6.54 Å². The van der Waals surface area contributed by atoms with E-state index in [0.29, 0.717) is 0 Å². The molecule has 0 aromatic heterocycles. The zero-order valence-corrected chi connectivity index (χ0v) is 9.88. The van der Waals surface area contributed by atoms with Gasteiger partial charge >= 0.3 is 0 Å².